The number of carbonyl (C=O) groups is 2. The van der Waals surface area contributed by atoms with Crippen LogP contribution in [-0.4, -0.2) is 46.7 Å². The van der Waals surface area contributed by atoms with E-state index in [1.54, 1.807) is 20.8 Å². The van der Waals surface area contributed by atoms with Crippen molar-refractivity contribution in [2.75, 3.05) is 19.7 Å². The topological polar surface area (TPSA) is 77.8 Å². The Balaban J connectivity index is 4.95. The number of carboxylic acid groups (broad SMARTS) is 1. The molecule has 0 aromatic carbocycles. The minimum Gasteiger partial charge on any atom is -0.481 e. The first-order valence-electron chi connectivity index (χ1n) is 6.38. The first-order chi connectivity index (χ1) is 8.25. The van der Waals surface area contributed by atoms with Crippen molar-refractivity contribution in [2.24, 2.45) is 11.3 Å². The Bertz CT molecular complexity index is 283. The van der Waals surface area contributed by atoms with Crippen LogP contribution in [0.1, 0.15) is 40.5 Å². The molecule has 0 aromatic rings. The maximum Gasteiger partial charge on any atom is 0.316 e. The molecular formula is C13H25NO4. The van der Waals surface area contributed by atoms with E-state index < -0.39 is 23.2 Å². The van der Waals surface area contributed by atoms with Gasteiger partial charge in [-0.15, -0.1) is 0 Å². The van der Waals surface area contributed by atoms with Crippen molar-refractivity contribution in [3.8, 4) is 0 Å². The fourth-order valence-electron chi connectivity index (χ4n) is 1.83. The van der Waals surface area contributed by atoms with Crippen LogP contribution in [0.3, 0.4) is 0 Å². The molecule has 18 heavy (non-hydrogen) atoms. The Morgan fingerprint density at radius 1 is 1.22 bits per heavy atom. The van der Waals surface area contributed by atoms with Crippen LogP contribution in [0.4, 0.5) is 0 Å². The van der Waals surface area contributed by atoms with Crippen molar-refractivity contribution < 1.29 is 19.8 Å². The number of carboxylic acids is 1. The van der Waals surface area contributed by atoms with Gasteiger partial charge in [-0.3, -0.25) is 9.59 Å². The lowest BCUT2D eigenvalue weighted by molar-refractivity contribution is -0.156. The minimum atomic E-state index is -1.10. The van der Waals surface area contributed by atoms with Crippen molar-refractivity contribution in [2.45, 2.75) is 40.5 Å². The molecule has 0 fully saturated rings. The summed E-state index contributed by atoms with van der Waals surface area (Å²) < 4.78 is 0. The number of hydrogen-bond donors (Lipinski definition) is 2. The van der Waals surface area contributed by atoms with Crippen molar-refractivity contribution in [1.29, 1.82) is 0 Å². The summed E-state index contributed by atoms with van der Waals surface area (Å²) in [6.45, 7) is 7.75. The van der Waals surface area contributed by atoms with Gasteiger partial charge in [0.25, 0.3) is 0 Å². The molecule has 1 amide bonds. The molecule has 0 aliphatic rings. The lowest BCUT2D eigenvalue weighted by Gasteiger charge is -2.31. The van der Waals surface area contributed by atoms with Gasteiger partial charge in [0.15, 0.2) is 0 Å². The van der Waals surface area contributed by atoms with Gasteiger partial charge in [0.05, 0.1) is 6.61 Å². The van der Waals surface area contributed by atoms with Crippen LogP contribution in [0.5, 0.6) is 0 Å². The van der Waals surface area contributed by atoms with Crippen molar-refractivity contribution in [1.82, 2.24) is 4.90 Å². The summed E-state index contributed by atoms with van der Waals surface area (Å²) in [6, 6.07) is 0. The molecule has 0 bridgehead atoms. The van der Waals surface area contributed by atoms with Gasteiger partial charge in [-0.05, 0) is 11.8 Å². The van der Waals surface area contributed by atoms with Gasteiger partial charge >= 0.3 is 5.97 Å². The number of amides is 1. The highest BCUT2D eigenvalue weighted by Crippen LogP contribution is 2.28. The lowest BCUT2D eigenvalue weighted by atomic mass is 9.80. The lowest BCUT2D eigenvalue weighted by Crippen LogP contribution is -2.46. The van der Waals surface area contributed by atoms with Gasteiger partial charge in [-0.1, -0.05) is 34.1 Å². The van der Waals surface area contributed by atoms with E-state index in [-0.39, 0.29) is 13.2 Å². The van der Waals surface area contributed by atoms with Gasteiger partial charge in [0, 0.05) is 13.1 Å². The third kappa shape index (κ3) is 5.04. The third-order valence-electron chi connectivity index (χ3n) is 2.82. The van der Waals surface area contributed by atoms with Gasteiger partial charge in [-0.25, -0.2) is 0 Å². The Labute approximate surface area is 109 Å². The van der Waals surface area contributed by atoms with Crippen LogP contribution in [0.2, 0.25) is 0 Å². The van der Waals surface area contributed by atoms with Crippen LogP contribution in [0.25, 0.3) is 0 Å². The second kappa shape index (κ2) is 7.36. The Morgan fingerprint density at radius 3 is 2.11 bits per heavy atom. The number of rotatable bonds is 7. The van der Waals surface area contributed by atoms with Gasteiger partial charge < -0.3 is 15.1 Å². The number of nitrogens with zero attached hydrogens (tertiary/aromatic N) is 1. The third-order valence-corrected chi connectivity index (χ3v) is 2.82. The van der Waals surface area contributed by atoms with E-state index in [2.05, 4.69) is 0 Å². The standard InChI is InChI=1S/C13H25NO4/c1-5-6-7-14(8-9-15)11(16)10(12(17)18)13(2,3)4/h10,15H,5-9H2,1-4H3,(H,17,18). The molecule has 0 radical (unpaired) electrons. The van der Waals surface area contributed by atoms with Gasteiger partial charge in [0.2, 0.25) is 5.91 Å². The Morgan fingerprint density at radius 2 is 1.78 bits per heavy atom. The average molecular weight is 259 g/mol. The summed E-state index contributed by atoms with van der Waals surface area (Å²) in [6.07, 6.45) is 1.73. The van der Waals surface area contributed by atoms with Crippen LogP contribution < -0.4 is 0 Å². The summed E-state index contributed by atoms with van der Waals surface area (Å²) in [4.78, 5) is 25.0. The zero-order valence-corrected chi connectivity index (χ0v) is 11.8. The van der Waals surface area contributed by atoms with Gasteiger partial charge in [-0.2, -0.15) is 0 Å². The number of hydrogen-bond acceptors (Lipinski definition) is 3. The maximum atomic E-state index is 12.3. The largest absolute Gasteiger partial charge is 0.481 e. The van der Waals surface area contributed by atoms with Crippen LogP contribution in [0, 0.1) is 11.3 Å². The normalized spacial score (nSPS) is 13.2. The number of carbonyl (C=O) groups excluding carboxylic acids is 1. The molecule has 2 N–H and O–H groups in total. The molecule has 0 rings (SSSR count). The number of aliphatic carboxylic acids is 1. The van der Waals surface area contributed by atoms with E-state index in [1.807, 2.05) is 6.92 Å². The smallest absolute Gasteiger partial charge is 0.316 e. The Kier molecular flexibility index (Phi) is 6.91. The Hall–Kier alpha value is -1.10. The number of aliphatic hydroxyl groups excluding tert-OH is 1. The van der Waals surface area contributed by atoms with Crippen molar-refractivity contribution in [3.63, 3.8) is 0 Å². The molecule has 0 spiro atoms. The zero-order valence-electron chi connectivity index (χ0n) is 11.8. The van der Waals surface area contributed by atoms with E-state index in [0.717, 1.165) is 12.8 Å². The second-order valence-corrected chi connectivity index (χ2v) is 5.54. The van der Waals surface area contributed by atoms with Crippen molar-refractivity contribution >= 4 is 11.9 Å². The molecule has 0 aliphatic carbocycles. The van der Waals surface area contributed by atoms with Crippen LogP contribution in [-0.2, 0) is 9.59 Å². The zero-order chi connectivity index (χ0) is 14.3. The molecule has 0 saturated carbocycles. The number of unbranched alkanes of at least 4 members (excludes halogenated alkanes) is 1. The first kappa shape index (κ1) is 16.9. The highest BCUT2D eigenvalue weighted by Gasteiger charge is 2.39. The van der Waals surface area contributed by atoms with E-state index in [9.17, 15) is 14.7 Å². The maximum absolute atomic E-state index is 12.3. The summed E-state index contributed by atoms with van der Waals surface area (Å²) in [5.41, 5.74) is -0.636. The fraction of sp³-hybridized carbons (Fsp3) is 0.846. The second-order valence-electron chi connectivity index (χ2n) is 5.54. The van der Waals surface area contributed by atoms with E-state index in [1.165, 1.54) is 4.90 Å². The molecule has 5 heteroatoms. The summed E-state index contributed by atoms with van der Waals surface area (Å²) in [5.74, 6) is -2.58. The highest BCUT2D eigenvalue weighted by molar-refractivity contribution is 5.97. The summed E-state index contributed by atoms with van der Waals surface area (Å²) in [7, 11) is 0. The first-order valence-corrected chi connectivity index (χ1v) is 6.38. The van der Waals surface area contributed by atoms with E-state index >= 15 is 0 Å². The van der Waals surface area contributed by atoms with E-state index in [0.29, 0.717) is 6.54 Å². The minimum absolute atomic E-state index is 0.147. The predicted molar refractivity (Wildman–Crippen MR) is 69.2 cm³/mol. The molecule has 5 nitrogen and oxygen atoms in total. The molecular weight excluding hydrogens is 234 g/mol. The monoisotopic (exact) mass is 259 g/mol. The fourth-order valence-corrected chi connectivity index (χ4v) is 1.83. The molecule has 106 valence electrons. The molecule has 1 unspecified atom stereocenters. The average Bonchev–Trinajstić information content (AvgIpc) is 2.21. The van der Waals surface area contributed by atoms with Crippen molar-refractivity contribution in [3.05, 3.63) is 0 Å². The summed E-state index contributed by atoms with van der Waals surface area (Å²) in [5, 5.41) is 18.2. The molecule has 0 aliphatic heterocycles. The molecule has 1 atom stereocenters. The molecule has 0 aromatic heterocycles. The molecule has 0 heterocycles. The van der Waals surface area contributed by atoms with Crippen LogP contribution >= 0.6 is 0 Å². The van der Waals surface area contributed by atoms with E-state index in [4.69, 9.17) is 5.11 Å². The number of aliphatic hydroxyl groups is 1. The van der Waals surface area contributed by atoms with Crippen LogP contribution in [0.15, 0.2) is 0 Å². The highest BCUT2D eigenvalue weighted by atomic mass is 16.4. The molecule has 0 saturated heterocycles. The predicted octanol–water partition coefficient (Wildman–Crippen LogP) is 1.35. The SMILES string of the molecule is CCCCN(CCO)C(=O)C(C(=O)O)C(C)(C)C. The quantitative estimate of drug-likeness (QED) is 0.677. The van der Waals surface area contributed by atoms with Gasteiger partial charge in [0.1, 0.15) is 5.92 Å². The summed E-state index contributed by atoms with van der Waals surface area (Å²) >= 11 is 0.